The van der Waals surface area contributed by atoms with Crippen molar-refractivity contribution in [3.63, 3.8) is 0 Å². The molecule has 1 fully saturated rings. The number of likely N-dealkylation sites (tertiary alicyclic amines) is 1. The molecular weight excluding hydrogens is 427 g/mol. The number of carbonyl (C=O) groups is 2. The number of nitrogens with one attached hydrogen (secondary N) is 1. The molecule has 1 aliphatic rings. The number of thiazole rings is 1. The van der Waals surface area contributed by atoms with Crippen LogP contribution in [0.3, 0.4) is 0 Å². The van der Waals surface area contributed by atoms with Crippen molar-refractivity contribution < 1.29 is 22.8 Å². The third-order valence-electron chi connectivity index (χ3n) is 5.19. The van der Waals surface area contributed by atoms with E-state index in [0.717, 1.165) is 17.7 Å². The first kappa shape index (κ1) is 21.0. The highest BCUT2D eigenvalue weighted by Crippen LogP contribution is 2.27. The van der Waals surface area contributed by atoms with Crippen LogP contribution in [-0.4, -0.2) is 34.8 Å². The molecule has 31 heavy (non-hydrogen) atoms. The molecule has 0 aliphatic carbocycles. The maximum Gasteiger partial charge on any atom is 0.256 e. The van der Waals surface area contributed by atoms with E-state index in [1.807, 2.05) is 0 Å². The lowest BCUT2D eigenvalue weighted by atomic mass is 9.95. The van der Waals surface area contributed by atoms with Gasteiger partial charge in [-0.05, 0) is 49.2 Å². The van der Waals surface area contributed by atoms with Crippen molar-refractivity contribution in [3.8, 4) is 11.3 Å². The lowest BCUT2D eigenvalue weighted by Crippen LogP contribution is -2.41. The smallest absolute Gasteiger partial charge is 0.256 e. The molecule has 9 heteroatoms. The molecule has 0 radical (unpaired) electrons. The summed E-state index contributed by atoms with van der Waals surface area (Å²) < 4.78 is 40.0. The molecule has 0 spiro atoms. The van der Waals surface area contributed by atoms with Crippen molar-refractivity contribution >= 4 is 28.3 Å². The predicted molar refractivity (Wildman–Crippen MR) is 111 cm³/mol. The molecule has 5 nitrogen and oxygen atoms in total. The predicted octanol–water partition coefficient (Wildman–Crippen LogP) is 4.72. The van der Waals surface area contributed by atoms with Crippen molar-refractivity contribution in [2.45, 2.75) is 12.8 Å². The van der Waals surface area contributed by atoms with Crippen LogP contribution in [0.2, 0.25) is 0 Å². The molecule has 1 aromatic heterocycles. The number of nitrogens with zero attached hydrogens (tertiary/aromatic N) is 2. The van der Waals surface area contributed by atoms with Gasteiger partial charge in [-0.25, -0.2) is 18.2 Å². The molecule has 2 amide bonds. The Balaban J connectivity index is 1.33. The van der Waals surface area contributed by atoms with E-state index in [9.17, 15) is 22.8 Å². The van der Waals surface area contributed by atoms with Gasteiger partial charge in [0.2, 0.25) is 5.91 Å². The number of hydrogen-bond acceptors (Lipinski definition) is 4. The molecule has 2 heterocycles. The summed E-state index contributed by atoms with van der Waals surface area (Å²) in [4.78, 5) is 30.9. The van der Waals surface area contributed by atoms with Crippen molar-refractivity contribution in [1.29, 1.82) is 0 Å². The van der Waals surface area contributed by atoms with E-state index in [4.69, 9.17) is 0 Å². The summed E-state index contributed by atoms with van der Waals surface area (Å²) in [5.41, 5.74) is 1.21. The molecule has 3 aromatic rings. The number of hydrogen-bond donors (Lipinski definition) is 1. The van der Waals surface area contributed by atoms with Gasteiger partial charge in [0.25, 0.3) is 5.91 Å². The maximum atomic E-state index is 13.9. The number of rotatable bonds is 4. The number of aromatic nitrogens is 1. The second kappa shape index (κ2) is 8.89. The molecule has 0 atom stereocenters. The molecule has 1 saturated heterocycles. The van der Waals surface area contributed by atoms with E-state index in [-0.39, 0.29) is 23.2 Å². The maximum absolute atomic E-state index is 13.9. The van der Waals surface area contributed by atoms with E-state index in [0.29, 0.717) is 42.8 Å². The Labute approximate surface area is 180 Å². The van der Waals surface area contributed by atoms with Gasteiger partial charge in [0.05, 0.1) is 11.3 Å². The largest absolute Gasteiger partial charge is 0.339 e. The summed E-state index contributed by atoms with van der Waals surface area (Å²) in [6.07, 6.45) is 0.854. The summed E-state index contributed by atoms with van der Waals surface area (Å²) in [6.45, 7) is 0.596. The zero-order valence-electron chi connectivity index (χ0n) is 16.3. The van der Waals surface area contributed by atoms with Crippen molar-refractivity contribution in [2.75, 3.05) is 18.4 Å². The summed E-state index contributed by atoms with van der Waals surface area (Å²) >= 11 is 1.27. The highest BCUT2D eigenvalue weighted by Gasteiger charge is 2.29. The Kier molecular flexibility index (Phi) is 6.03. The first-order valence-corrected chi connectivity index (χ1v) is 10.6. The average Bonchev–Trinajstić information content (AvgIpc) is 3.22. The number of piperidine rings is 1. The number of carbonyl (C=O) groups excluding carboxylic acids is 2. The standard InChI is InChI=1S/C22H18F3N3O2S/c23-15-3-1-13(2-4-15)19-12-31-22(26-19)27-20(29)14-7-9-28(10-8-14)21(30)17-6-5-16(24)11-18(17)25/h1-6,11-12,14H,7-10H2,(H,26,27,29). The normalized spacial score (nSPS) is 14.5. The van der Waals surface area contributed by atoms with E-state index in [1.165, 1.54) is 28.4 Å². The lowest BCUT2D eigenvalue weighted by Gasteiger charge is -2.31. The van der Waals surface area contributed by atoms with Crippen LogP contribution >= 0.6 is 11.3 Å². The monoisotopic (exact) mass is 445 g/mol. The average molecular weight is 445 g/mol. The van der Waals surface area contributed by atoms with E-state index >= 15 is 0 Å². The second-order valence-corrected chi connectivity index (χ2v) is 8.08. The van der Waals surface area contributed by atoms with E-state index in [2.05, 4.69) is 10.3 Å². The first-order chi connectivity index (χ1) is 14.9. The molecule has 0 unspecified atom stereocenters. The zero-order chi connectivity index (χ0) is 22.0. The topological polar surface area (TPSA) is 62.3 Å². The molecule has 1 N–H and O–H groups in total. The lowest BCUT2D eigenvalue weighted by molar-refractivity contribution is -0.121. The Hall–Kier alpha value is -3.20. The Morgan fingerprint density at radius 1 is 1.00 bits per heavy atom. The van der Waals surface area contributed by atoms with Gasteiger partial charge in [-0.15, -0.1) is 11.3 Å². The summed E-state index contributed by atoms with van der Waals surface area (Å²) in [5.74, 6) is -2.99. The summed E-state index contributed by atoms with van der Waals surface area (Å²) in [5, 5.41) is 5.01. The fourth-order valence-corrected chi connectivity index (χ4v) is 4.19. The Morgan fingerprint density at radius 2 is 1.68 bits per heavy atom. The summed E-state index contributed by atoms with van der Waals surface area (Å²) in [6, 6.07) is 8.79. The molecule has 1 aliphatic heterocycles. The molecule has 4 rings (SSSR count). The van der Waals surface area contributed by atoms with Crippen molar-refractivity contribution in [3.05, 3.63) is 70.9 Å². The number of benzene rings is 2. The van der Waals surface area contributed by atoms with Gasteiger partial charge in [-0.2, -0.15) is 0 Å². The minimum absolute atomic E-state index is 0.180. The molecule has 0 saturated carbocycles. The van der Waals surface area contributed by atoms with Crippen LogP contribution in [0, 0.1) is 23.4 Å². The van der Waals surface area contributed by atoms with Gasteiger partial charge in [0.15, 0.2) is 5.13 Å². The van der Waals surface area contributed by atoms with Gasteiger partial charge < -0.3 is 10.2 Å². The van der Waals surface area contributed by atoms with Crippen LogP contribution in [-0.2, 0) is 4.79 Å². The van der Waals surface area contributed by atoms with Gasteiger partial charge in [-0.3, -0.25) is 9.59 Å². The zero-order valence-corrected chi connectivity index (χ0v) is 17.1. The minimum atomic E-state index is -0.898. The van der Waals surface area contributed by atoms with E-state index < -0.39 is 17.5 Å². The van der Waals surface area contributed by atoms with Gasteiger partial charge in [-0.1, -0.05) is 0 Å². The molecule has 160 valence electrons. The highest BCUT2D eigenvalue weighted by atomic mass is 32.1. The van der Waals surface area contributed by atoms with Gasteiger partial charge >= 0.3 is 0 Å². The molecule has 0 bridgehead atoms. The first-order valence-electron chi connectivity index (χ1n) is 9.67. The highest BCUT2D eigenvalue weighted by molar-refractivity contribution is 7.14. The quantitative estimate of drug-likeness (QED) is 0.632. The van der Waals surface area contributed by atoms with Crippen LogP contribution < -0.4 is 5.32 Å². The fraction of sp³-hybridized carbons (Fsp3) is 0.227. The Morgan fingerprint density at radius 3 is 2.35 bits per heavy atom. The van der Waals surface area contributed by atoms with E-state index in [1.54, 1.807) is 17.5 Å². The van der Waals surface area contributed by atoms with Crippen LogP contribution in [0.25, 0.3) is 11.3 Å². The molecular formula is C22H18F3N3O2S. The fourth-order valence-electron chi connectivity index (χ4n) is 3.47. The van der Waals surface area contributed by atoms with Gasteiger partial charge in [0.1, 0.15) is 17.5 Å². The third kappa shape index (κ3) is 4.77. The van der Waals surface area contributed by atoms with Crippen molar-refractivity contribution in [2.24, 2.45) is 5.92 Å². The SMILES string of the molecule is O=C(Nc1nc(-c2ccc(F)cc2)cs1)C1CCN(C(=O)c2ccc(F)cc2F)CC1. The van der Waals surface area contributed by atoms with Crippen LogP contribution in [0.15, 0.2) is 47.8 Å². The number of anilines is 1. The van der Waals surface area contributed by atoms with Gasteiger partial charge in [0, 0.05) is 36.0 Å². The van der Waals surface area contributed by atoms with Crippen LogP contribution in [0.1, 0.15) is 23.2 Å². The summed E-state index contributed by atoms with van der Waals surface area (Å²) in [7, 11) is 0. The Bertz CT molecular complexity index is 1110. The molecule has 2 aromatic carbocycles. The number of amides is 2. The van der Waals surface area contributed by atoms with Crippen LogP contribution in [0.5, 0.6) is 0 Å². The van der Waals surface area contributed by atoms with Crippen molar-refractivity contribution in [1.82, 2.24) is 9.88 Å². The van der Waals surface area contributed by atoms with Crippen LogP contribution in [0.4, 0.5) is 18.3 Å². The second-order valence-electron chi connectivity index (χ2n) is 7.22. The minimum Gasteiger partial charge on any atom is -0.339 e. The third-order valence-corrected chi connectivity index (χ3v) is 5.95. The number of halogens is 3.